The van der Waals surface area contributed by atoms with E-state index in [2.05, 4.69) is 60.6 Å². The number of methoxy groups -OCH3 is 1. The van der Waals surface area contributed by atoms with E-state index in [1.807, 2.05) is 0 Å². The number of carbonyl (C=O) groups is 2. The van der Waals surface area contributed by atoms with Crippen molar-refractivity contribution in [1.29, 1.82) is 0 Å². The predicted octanol–water partition coefficient (Wildman–Crippen LogP) is 7.88. The van der Waals surface area contributed by atoms with E-state index in [0.717, 1.165) is 55.7 Å². The summed E-state index contributed by atoms with van der Waals surface area (Å²) in [5.41, 5.74) is 3.47. The monoisotopic (exact) mass is 514 g/mol. The molecule has 0 aromatic heterocycles. The molecular weight excluding hydrogens is 468 g/mol. The molecular formula is C30H46O5Si. The average molecular weight is 515 g/mol. The standard InChI is InChI=1S/C30H46O5Si/c1-9-36(10-2,11-3)35-28-19-25-27(33-8)18-24(20-31)26(21-32)29(25)34-30(28,7)17-13-16-23(6)15-12-14-22(4)5/h14,16,18,20-21,28H,9-13,15,17,19H2,1-8H3/b23-16+/t28?,30-/m0/s1. The van der Waals surface area contributed by atoms with Gasteiger partial charge < -0.3 is 13.9 Å². The van der Waals surface area contributed by atoms with Crippen LogP contribution in [0.2, 0.25) is 18.1 Å². The van der Waals surface area contributed by atoms with Gasteiger partial charge in [-0.1, -0.05) is 44.1 Å². The first kappa shape index (κ1) is 30.0. The lowest BCUT2D eigenvalue weighted by molar-refractivity contribution is -0.0515. The van der Waals surface area contributed by atoms with Gasteiger partial charge in [-0.2, -0.15) is 0 Å². The van der Waals surface area contributed by atoms with E-state index in [-0.39, 0.29) is 11.7 Å². The van der Waals surface area contributed by atoms with Crippen LogP contribution < -0.4 is 9.47 Å². The Bertz CT molecular complexity index is 964. The smallest absolute Gasteiger partial charge is 0.192 e. The van der Waals surface area contributed by atoms with Crippen LogP contribution in [-0.2, 0) is 10.8 Å². The van der Waals surface area contributed by atoms with E-state index in [1.165, 1.54) is 11.1 Å². The number of rotatable bonds is 14. The van der Waals surface area contributed by atoms with Crippen LogP contribution in [0.5, 0.6) is 11.5 Å². The molecule has 1 aliphatic heterocycles. The Morgan fingerprint density at radius 3 is 2.28 bits per heavy atom. The van der Waals surface area contributed by atoms with Crippen molar-refractivity contribution in [3.05, 3.63) is 46.1 Å². The lowest BCUT2D eigenvalue weighted by Crippen LogP contribution is -2.55. The highest BCUT2D eigenvalue weighted by Gasteiger charge is 2.47. The Morgan fingerprint density at radius 1 is 1.08 bits per heavy atom. The normalized spacial score (nSPS) is 19.8. The molecule has 1 aromatic rings. The molecule has 0 bridgehead atoms. The third-order valence-electron chi connectivity index (χ3n) is 7.83. The minimum atomic E-state index is -1.94. The van der Waals surface area contributed by atoms with Gasteiger partial charge in [0.2, 0.25) is 0 Å². The summed E-state index contributed by atoms with van der Waals surface area (Å²) < 4.78 is 19.4. The maximum Gasteiger partial charge on any atom is 0.192 e. The van der Waals surface area contributed by atoms with E-state index in [1.54, 1.807) is 13.2 Å². The molecule has 0 aliphatic carbocycles. The summed E-state index contributed by atoms with van der Waals surface area (Å²) in [6, 6.07) is 4.78. The second kappa shape index (κ2) is 13.4. The number of fused-ring (bicyclic) bond motifs is 1. The fraction of sp³-hybridized carbons (Fsp3) is 0.600. The fourth-order valence-electron chi connectivity index (χ4n) is 5.10. The number of benzene rings is 1. The molecule has 6 heteroatoms. The van der Waals surface area contributed by atoms with Gasteiger partial charge in [0.25, 0.3) is 0 Å². The molecule has 1 aliphatic rings. The third kappa shape index (κ3) is 6.98. The maximum atomic E-state index is 12.1. The first-order valence-electron chi connectivity index (χ1n) is 13.4. The Morgan fingerprint density at radius 2 is 1.75 bits per heavy atom. The van der Waals surface area contributed by atoms with Crippen molar-refractivity contribution in [3.8, 4) is 11.5 Å². The van der Waals surface area contributed by atoms with E-state index >= 15 is 0 Å². The van der Waals surface area contributed by atoms with Gasteiger partial charge in [-0.15, -0.1) is 0 Å². The van der Waals surface area contributed by atoms with Crippen LogP contribution in [0.4, 0.5) is 0 Å². The summed E-state index contributed by atoms with van der Waals surface area (Å²) in [5, 5.41) is 0. The highest BCUT2D eigenvalue weighted by molar-refractivity contribution is 6.73. The van der Waals surface area contributed by atoms with Crippen LogP contribution in [0.1, 0.15) is 100 Å². The molecule has 0 N–H and O–H groups in total. The van der Waals surface area contributed by atoms with E-state index in [9.17, 15) is 9.59 Å². The van der Waals surface area contributed by atoms with Crippen LogP contribution in [0, 0.1) is 0 Å². The predicted molar refractivity (Wildman–Crippen MR) is 150 cm³/mol. The molecule has 1 aromatic carbocycles. The van der Waals surface area contributed by atoms with Gasteiger partial charge >= 0.3 is 0 Å². The highest BCUT2D eigenvalue weighted by Crippen LogP contribution is 2.45. The minimum absolute atomic E-state index is 0.161. The van der Waals surface area contributed by atoms with Crippen LogP contribution >= 0.6 is 0 Å². The molecule has 0 amide bonds. The average Bonchev–Trinajstić information content (AvgIpc) is 2.86. The summed E-state index contributed by atoms with van der Waals surface area (Å²) in [7, 11) is -0.356. The Hall–Kier alpha value is -2.18. The number of allylic oxidation sites excluding steroid dienone is 4. The number of hydrogen-bond donors (Lipinski definition) is 0. The van der Waals surface area contributed by atoms with Gasteiger partial charge in [0.1, 0.15) is 17.1 Å². The first-order valence-corrected chi connectivity index (χ1v) is 15.9. The molecule has 36 heavy (non-hydrogen) atoms. The number of ether oxygens (including phenoxy) is 2. The van der Waals surface area contributed by atoms with E-state index in [0.29, 0.717) is 29.8 Å². The van der Waals surface area contributed by atoms with Crippen LogP contribution in [0.25, 0.3) is 0 Å². The van der Waals surface area contributed by atoms with E-state index in [4.69, 9.17) is 13.9 Å². The SMILES string of the molecule is CC[Si](CC)(CC)OC1Cc2c(OC)cc(C=O)c(C=O)c2O[C@@]1(C)CC/C=C(\C)CCC=C(C)C. The van der Waals surface area contributed by atoms with Gasteiger partial charge in [-0.05, 0) is 77.6 Å². The summed E-state index contributed by atoms with van der Waals surface area (Å²) in [6.07, 6.45) is 10.1. The zero-order valence-electron chi connectivity index (χ0n) is 23.7. The molecule has 1 heterocycles. The molecule has 0 saturated carbocycles. The van der Waals surface area contributed by atoms with E-state index < -0.39 is 13.9 Å². The Labute approximate surface area is 219 Å². The second-order valence-corrected chi connectivity index (χ2v) is 15.2. The third-order valence-corrected chi connectivity index (χ3v) is 12.5. The van der Waals surface area contributed by atoms with Gasteiger partial charge in [0.05, 0.1) is 18.8 Å². The molecule has 200 valence electrons. The van der Waals surface area contributed by atoms with Gasteiger partial charge in [-0.3, -0.25) is 9.59 Å². The molecule has 2 atom stereocenters. The van der Waals surface area contributed by atoms with Crippen LogP contribution in [-0.4, -0.2) is 39.7 Å². The summed E-state index contributed by atoms with van der Waals surface area (Å²) in [5.74, 6) is 1.04. The van der Waals surface area contributed by atoms with Crippen LogP contribution in [0.3, 0.4) is 0 Å². The van der Waals surface area contributed by atoms with Gasteiger partial charge in [0.15, 0.2) is 20.9 Å². The topological polar surface area (TPSA) is 61.8 Å². The van der Waals surface area contributed by atoms with Crippen molar-refractivity contribution in [2.45, 2.75) is 110 Å². The minimum Gasteiger partial charge on any atom is -0.496 e. The molecule has 2 rings (SSSR count). The molecule has 0 saturated heterocycles. The van der Waals surface area contributed by atoms with Gasteiger partial charge in [-0.25, -0.2) is 0 Å². The first-order chi connectivity index (χ1) is 17.1. The fourth-order valence-corrected chi connectivity index (χ4v) is 8.03. The largest absolute Gasteiger partial charge is 0.496 e. The maximum absolute atomic E-state index is 12.1. The number of hydrogen-bond acceptors (Lipinski definition) is 5. The number of aldehydes is 2. The van der Waals surface area contributed by atoms with Gasteiger partial charge in [0, 0.05) is 17.5 Å². The van der Waals surface area contributed by atoms with Crippen LogP contribution in [0.15, 0.2) is 29.4 Å². The highest BCUT2D eigenvalue weighted by atomic mass is 28.4. The lowest BCUT2D eigenvalue weighted by Gasteiger charge is -2.47. The zero-order chi connectivity index (χ0) is 26.9. The summed E-state index contributed by atoms with van der Waals surface area (Å²) in [6.45, 7) is 15.2. The lowest BCUT2D eigenvalue weighted by atomic mass is 9.84. The van der Waals surface area contributed by atoms with Crippen molar-refractivity contribution in [1.82, 2.24) is 0 Å². The molecule has 0 radical (unpaired) electrons. The number of carbonyl (C=O) groups excluding carboxylic acids is 2. The quantitative estimate of drug-likeness (QED) is 0.144. The Kier molecular flexibility index (Phi) is 11.2. The Balaban J connectivity index is 2.47. The molecule has 1 unspecified atom stereocenters. The zero-order valence-corrected chi connectivity index (χ0v) is 24.7. The molecule has 0 fully saturated rings. The van der Waals surface area contributed by atoms with Crippen molar-refractivity contribution in [2.75, 3.05) is 7.11 Å². The summed E-state index contributed by atoms with van der Waals surface area (Å²) in [4.78, 5) is 23.8. The second-order valence-electron chi connectivity index (χ2n) is 10.5. The van der Waals surface area contributed by atoms with Crippen molar-refractivity contribution in [3.63, 3.8) is 0 Å². The molecule has 0 spiro atoms. The summed E-state index contributed by atoms with van der Waals surface area (Å²) >= 11 is 0. The van der Waals surface area contributed by atoms with Crippen molar-refractivity contribution >= 4 is 20.9 Å². The van der Waals surface area contributed by atoms with Crippen molar-refractivity contribution in [2.24, 2.45) is 0 Å². The molecule has 5 nitrogen and oxygen atoms in total. The van der Waals surface area contributed by atoms with Crippen molar-refractivity contribution < 1.29 is 23.5 Å².